The minimum Gasteiger partial charge on any atom is -0.459 e. The zero-order valence-corrected chi connectivity index (χ0v) is 20.2. The number of carbonyl (C=O) groups excluding carboxylic acids is 1. The summed E-state index contributed by atoms with van der Waals surface area (Å²) in [5.41, 5.74) is 6.03. The first-order chi connectivity index (χ1) is 18.2. The molecule has 9 nitrogen and oxygen atoms in total. The normalized spacial score (nSPS) is 14.2. The number of carbonyl (C=O) groups is 1. The van der Waals surface area contributed by atoms with E-state index in [1.54, 1.807) is 12.5 Å². The van der Waals surface area contributed by atoms with E-state index in [1.165, 1.54) is 0 Å². The number of furan rings is 1. The minimum absolute atomic E-state index is 0.187. The molecule has 0 bridgehead atoms. The third-order valence-electron chi connectivity index (χ3n) is 6.37. The van der Waals surface area contributed by atoms with Gasteiger partial charge in [0.1, 0.15) is 5.52 Å². The number of benzene rings is 2. The van der Waals surface area contributed by atoms with E-state index >= 15 is 0 Å². The van der Waals surface area contributed by atoms with Crippen LogP contribution in [0.2, 0.25) is 0 Å². The second-order valence-electron chi connectivity index (χ2n) is 9.02. The fourth-order valence-corrected chi connectivity index (χ4v) is 4.48. The lowest BCUT2D eigenvalue weighted by molar-refractivity contribution is -0.120. The van der Waals surface area contributed by atoms with Crippen molar-refractivity contribution in [2.45, 2.75) is 6.42 Å². The van der Waals surface area contributed by atoms with Crippen molar-refractivity contribution in [1.82, 2.24) is 25.1 Å². The molecule has 1 fully saturated rings. The van der Waals surface area contributed by atoms with E-state index in [4.69, 9.17) is 19.1 Å². The van der Waals surface area contributed by atoms with E-state index in [2.05, 4.69) is 20.4 Å². The number of fused-ring (bicyclic) bond motifs is 1. The number of ether oxygens (including phenoxy) is 1. The number of H-pyrrole nitrogens is 1. The van der Waals surface area contributed by atoms with Gasteiger partial charge in [-0.25, -0.2) is 9.97 Å². The van der Waals surface area contributed by atoms with Crippen LogP contribution in [-0.4, -0.2) is 63.7 Å². The summed E-state index contributed by atoms with van der Waals surface area (Å²) in [5.74, 6) is 1.33. The summed E-state index contributed by atoms with van der Waals surface area (Å²) >= 11 is 0. The van der Waals surface area contributed by atoms with Gasteiger partial charge >= 0.3 is 0 Å². The maximum Gasteiger partial charge on any atom is 0.194 e. The number of nitrogens with one attached hydrogen (secondary N) is 2. The number of nitrogens with zero attached hydrogens (tertiary/aromatic N) is 4. The Hall–Kier alpha value is -4.34. The number of hydrogen-bond acceptors (Lipinski definition) is 8. The summed E-state index contributed by atoms with van der Waals surface area (Å²) in [6, 6.07) is 17.7. The molecule has 6 rings (SSSR count). The average Bonchev–Trinajstić information content (AvgIpc) is 3.63. The van der Waals surface area contributed by atoms with Crippen LogP contribution in [0, 0.1) is 0 Å². The molecule has 9 heteroatoms. The number of aromatic nitrogens is 4. The Morgan fingerprint density at radius 3 is 2.68 bits per heavy atom. The van der Waals surface area contributed by atoms with Gasteiger partial charge in [-0.2, -0.15) is 5.10 Å². The zero-order valence-electron chi connectivity index (χ0n) is 20.2. The lowest BCUT2D eigenvalue weighted by atomic mass is 10.0. The fourth-order valence-electron chi connectivity index (χ4n) is 4.48. The van der Waals surface area contributed by atoms with Gasteiger partial charge in [0, 0.05) is 48.6 Å². The summed E-state index contributed by atoms with van der Waals surface area (Å²) < 4.78 is 11.1. The van der Waals surface area contributed by atoms with Crippen LogP contribution in [0.4, 0.5) is 11.5 Å². The van der Waals surface area contributed by atoms with Crippen LogP contribution in [0.25, 0.3) is 33.6 Å². The molecule has 2 aromatic carbocycles. The van der Waals surface area contributed by atoms with Gasteiger partial charge in [-0.1, -0.05) is 30.3 Å². The molecule has 0 saturated carbocycles. The maximum absolute atomic E-state index is 12.7. The molecule has 0 aliphatic carbocycles. The maximum atomic E-state index is 12.7. The first-order valence-corrected chi connectivity index (χ1v) is 12.2. The van der Waals surface area contributed by atoms with Gasteiger partial charge in [-0.05, 0) is 29.3 Å². The van der Waals surface area contributed by atoms with Crippen LogP contribution >= 0.6 is 0 Å². The van der Waals surface area contributed by atoms with E-state index in [-0.39, 0.29) is 5.78 Å². The molecule has 3 aromatic heterocycles. The van der Waals surface area contributed by atoms with Crippen LogP contribution < -0.4 is 5.32 Å². The monoisotopic (exact) mass is 494 g/mol. The Morgan fingerprint density at radius 1 is 1.00 bits per heavy atom. The molecule has 186 valence electrons. The number of ketones is 1. The first-order valence-electron chi connectivity index (χ1n) is 12.2. The van der Waals surface area contributed by atoms with Gasteiger partial charge in [-0.15, -0.1) is 0 Å². The number of morpholine rings is 1. The second kappa shape index (κ2) is 10.3. The van der Waals surface area contributed by atoms with Crippen molar-refractivity contribution in [3.8, 4) is 22.5 Å². The van der Waals surface area contributed by atoms with Crippen molar-refractivity contribution >= 4 is 28.4 Å². The molecule has 1 saturated heterocycles. The Labute approximate surface area is 213 Å². The van der Waals surface area contributed by atoms with Gasteiger partial charge < -0.3 is 14.5 Å². The number of rotatable bonds is 8. The van der Waals surface area contributed by atoms with Gasteiger partial charge in [0.15, 0.2) is 23.0 Å². The molecular formula is C28H26N6O3. The molecular weight excluding hydrogens is 468 g/mol. The SMILES string of the molecule is O=C(Cc1cccc(-c2nc(Nc3ccc(-c4cn[nH]c4)cc3)c3occc3n2)c1)CN1CCOCC1. The predicted molar refractivity (Wildman–Crippen MR) is 141 cm³/mol. The van der Waals surface area contributed by atoms with E-state index in [1.807, 2.05) is 60.8 Å². The van der Waals surface area contributed by atoms with E-state index in [9.17, 15) is 4.79 Å². The Morgan fingerprint density at radius 2 is 1.86 bits per heavy atom. The molecule has 0 atom stereocenters. The number of Topliss-reactive ketones (excluding diaryl/α,β-unsaturated/α-hetero) is 1. The average molecular weight is 495 g/mol. The summed E-state index contributed by atoms with van der Waals surface area (Å²) in [6.07, 6.45) is 5.62. The third kappa shape index (κ3) is 5.28. The van der Waals surface area contributed by atoms with Crippen molar-refractivity contribution in [3.05, 3.63) is 78.8 Å². The fraction of sp³-hybridized carbons (Fsp3) is 0.214. The summed E-state index contributed by atoms with van der Waals surface area (Å²) in [6.45, 7) is 3.40. The topological polar surface area (TPSA) is 109 Å². The van der Waals surface area contributed by atoms with Gasteiger partial charge in [0.2, 0.25) is 0 Å². The van der Waals surface area contributed by atoms with Crippen molar-refractivity contribution in [1.29, 1.82) is 0 Å². The molecule has 37 heavy (non-hydrogen) atoms. The largest absolute Gasteiger partial charge is 0.459 e. The molecule has 1 aliphatic rings. The highest BCUT2D eigenvalue weighted by molar-refractivity contribution is 5.88. The van der Waals surface area contributed by atoms with E-state index in [0.717, 1.165) is 41.0 Å². The molecule has 1 aliphatic heterocycles. The zero-order chi connectivity index (χ0) is 25.0. The molecule has 0 spiro atoms. The predicted octanol–water partition coefficient (Wildman–Crippen LogP) is 4.47. The van der Waals surface area contributed by atoms with Gasteiger partial charge in [0.25, 0.3) is 0 Å². The molecule has 4 heterocycles. The van der Waals surface area contributed by atoms with E-state index in [0.29, 0.717) is 48.9 Å². The first kappa shape index (κ1) is 23.1. The summed E-state index contributed by atoms with van der Waals surface area (Å²) in [5, 5.41) is 10.2. The third-order valence-corrected chi connectivity index (χ3v) is 6.37. The number of aromatic amines is 1. The van der Waals surface area contributed by atoms with Crippen molar-refractivity contribution in [2.75, 3.05) is 38.2 Å². The van der Waals surface area contributed by atoms with Crippen LogP contribution in [0.15, 0.2) is 77.7 Å². The van der Waals surface area contributed by atoms with E-state index < -0.39 is 0 Å². The molecule has 0 unspecified atom stereocenters. The van der Waals surface area contributed by atoms with Crippen LogP contribution in [0.3, 0.4) is 0 Å². The lowest BCUT2D eigenvalue weighted by Gasteiger charge is -2.25. The highest BCUT2D eigenvalue weighted by atomic mass is 16.5. The summed E-state index contributed by atoms with van der Waals surface area (Å²) in [4.78, 5) is 24.3. The Bertz CT molecular complexity index is 1510. The summed E-state index contributed by atoms with van der Waals surface area (Å²) in [7, 11) is 0. The molecule has 5 aromatic rings. The standard InChI is InChI=1S/C28H26N6O3/c35-24(18-34-9-12-36-13-10-34)15-19-2-1-3-21(14-19)27-32-25-8-11-37-26(25)28(33-27)31-23-6-4-20(5-7-23)22-16-29-30-17-22/h1-8,11,14,16-17H,9-10,12-13,15,18H2,(H,29,30)(H,31,32,33). The van der Waals surface area contributed by atoms with Crippen molar-refractivity contribution in [3.63, 3.8) is 0 Å². The Kier molecular flexibility index (Phi) is 6.45. The lowest BCUT2D eigenvalue weighted by Crippen LogP contribution is -2.39. The smallest absolute Gasteiger partial charge is 0.194 e. The van der Waals surface area contributed by atoms with Crippen molar-refractivity contribution in [2.24, 2.45) is 0 Å². The highest BCUT2D eigenvalue weighted by Gasteiger charge is 2.16. The quantitative estimate of drug-likeness (QED) is 0.325. The molecule has 2 N–H and O–H groups in total. The second-order valence-corrected chi connectivity index (χ2v) is 9.02. The van der Waals surface area contributed by atoms with Crippen molar-refractivity contribution < 1.29 is 13.9 Å². The van der Waals surface area contributed by atoms with Crippen LogP contribution in [0.1, 0.15) is 5.56 Å². The number of hydrogen-bond donors (Lipinski definition) is 2. The molecule has 0 radical (unpaired) electrons. The highest BCUT2D eigenvalue weighted by Crippen LogP contribution is 2.29. The van der Waals surface area contributed by atoms with Gasteiger partial charge in [0.05, 0.1) is 32.2 Å². The number of anilines is 2. The molecule has 0 amide bonds. The Balaban J connectivity index is 1.23. The van der Waals surface area contributed by atoms with Crippen LogP contribution in [0.5, 0.6) is 0 Å². The van der Waals surface area contributed by atoms with Gasteiger partial charge in [-0.3, -0.25) is 14.8 Å². The minimum atomic E-state index is 0.187. The van der Waals surface area contributed by atoms with Crippen LogP contribution in [-0.2, 0) is 16.0 Å².